The number of ether oxygens (including phenoxy) is 2. The maximum Gasteiger partial charge on any atom is 0.217 e. The molecule has 0 aromatic rings. The Morgan fingerprint density at radius 1 is 1.40 bits per heavy atom. The van der Waals surface area contributed by atoms with E-state index in [0.29, 0.717) is 23.8 Å². The summed E-state index contributed by atoms with van der Waals surface area (Å²) in [7, 11) is 3.18. The van der Waals surface area contributed by atoms with Crippen molar-refractivity contribution in [1.29, 1.82) is 0 Å². The molecule has 0 saturated heterocycles. The summed E-state index contributed by atoms with van der Waals surface area (Å²) in [6, 6.07) is -0.158. The van der Waals surface area contributed by atoms with E-state index in [1.54, 1.807) is 21.1 Å². The van der Waals surface area contributed by atoms with Crippen molar-refractivity contribution in [2.45, 2.75) is 45.2 Å². The molecule has 0 amide bonds. The minimum Gasteiger partial charge on any atom is -0.483 e. The molecule has 0 fully saturated rings. The molecule has 2 aliphatic rings. The van der Waals surface area contributed by atoms with Crippen LogP contribution in [0.4, 0.5) is 0 Å². The Morgan fingerprint density at radius 3 is 2.60 bits per heavy atom. The van der Waals surface area contributed by atoms with Gasteiger partial charge in [-0.15, -0.1) is 0 Å². The third-order valence-corrected chi connectivity index (χ3v) is 3.88. The molecule has 0 unspecified atom stereocenters. The summed E-state index contributed by atoms with van der Waals surface area (Å²) in [4.78, 5) is 21.3. The number of hydrogen-bond acceptors (Lipinski definition) is 5. The summed E-state index contributed by atoms with van der Waals surface area (Å²) in [5, 5.41) is 0. The van der Waals surface area contributed by atoms with Crippen LogP contribution in [0.2, 0.25) is 0 Å². The van der Waals surface area contributed by atoms with E-state index in [0.717, 1.165) is 6.42 Å². The van der Waals surface area contributed by atoms with Gasteiger partial charge >= 0.3 is 0 Å². The van der Waals surface area contributed by atoms with Gasteiger partial charge in [0.25, 0.3) is 0 Å². The van der Waals surface area contributed by atoms with E-state index >= 15 is 0 Å². The highest BCUT2D eigenvalue weighted by Gasteiger charge is 2.49. The number of aliphatic imine (C=N–C) groups is 2. The smallest absolute Gasteiger partial charge is 0.217 e. The van der Waals surface area contributed by atoms with Crippen LogP contribution in [0.3, 0.4) is 0 Å². The molecule has 1 spiro atoms. The molecule has 0 saturated carbocycles. The minimum atomic E-state index is -0.780. The first kappa shape index (κ1) is 14.8. The molecule has 0 radical (unpaired) electrons. The first-order chi connectivity index (χ1) is 9.46. The van der Waals surface area contributed by atoms with Crippen LogP contribution in [-0.4, -0.2) is 43.4 Å². The zero-order valence-electron chi connectivity index (χ0n) is 12.8. The van der Waals surface area contributed by atoms with Crippen molar-refractivity contribution in [1.82, 2.24) is 0 Å². The molecule has 110 valence electrons. The van der Waals surface area contributed by atoms with E-state index in [4.69, 9.17) is 14.5 Å². The van der Waals surface area contributed by atoms with Crippen LogP contribution in [0.1, 0.15) is 33.6 Å². The summed E-state index contributed by atoms with van der Waals surface area (Å²) in [6.07, 6.45) is 3.43. The van der Waals surface area contributed by atoms with Crippen molar-refractivity contribution < 1.29 is 14.3 Å². The van der Waals surface area contributed by atoms with E-state index in [-0.39, 0.29) is 17.7 Å². The molecule has 1 aliphatic carbocycles. The summed E-state index contributed by atoms with van der Waals surface area (Å²) >= 11 is 0. The molecule has 20 heavy (non-hydrogen) atoms. The van der Waals surface area contributed by atoms with Crippen molar-refractivity contribution >= 4 is 17.6 Å². The average Bonchev–Trinajstić information content (AvgIpc) is 2.82. The van der Waals surface area contributed by atoms with Gasteiger partial charge in [-0.1, -0.05) is 19.9 Å². The van der Waals surface area contributed by atoms with Crippen molar-refractivity contribution in [2.24, 2.45) is 15.9 Å². The van der Waals surface area contributed by atoms with E-state index in [2.05, 4.69) is 18.8 Å². The number of allylic oxidation sites excluding steroid dienone is 1. The SMILES string of the molecule is COC1=N[C@]2(CCC=C2C(C)=O)C(OC)=N[C@@H]1C(C)C. The van der Waals surface area contributed by atoms with Crippen LogP contribution in [-0.2, 0) is 14.3 Å². The fourth-order valence-electron chi connectivity index (χ4n) is 2.91. The van der Waals surface area contributed by atoms with Crippen LogP contribution in [0.25, 0.3) is 0 Å². The number of carbonyl (C=O) groups is 1. The Bertz CT molecular complexity index is 505. The highest BCUT2D eigenvalue weighted by atomic mass is 16.5. The van der Waals surface area contributed by atoms with Crippen LogP contribution >= 0.6 is 0 Å². The van der Waals surface area contributed by atoms with Crippen LogP contribution in [0.15, 0.2) is 21.6 Å². The van der Waals surface area contributed by atoms with Gasteiger partial charge in [-0.25, -0.2) is 9.98 Å². The summed E-state index contributed by atoms with van der Waals surface area (Å²) in [5.41, 5.74) is -0.119. The maximum absolute atomic E-state index is 11.9. The number of hydrogen-bond donors (Lipinski definition) is 0. The largest absolute Gasteiger partial charge is 0.483 e. The molecule has 0 aromatic heterocycles. The number of ketones is 1. The zero-order chi connectivity index (χ0) is 14.9. The Labute approximate surface area is 119 Å². The summed E-state index contributed by atoms with van der Waals surface area (Å²) < 4.78 is 10.9. The van der Waals surface area contributed by atoms with Crippen LogP contribution in [0.5, 0.6) is 0 Å². The fourth-order valence-corrected chi connectivity index (χ4v) is 2.91. The van der Waals surface area contributed by atoms with Gasteiger partial charge in [-0.05, 0) is 25.7 Å². The lowest BCUT2D eigenvalue weighted by molar-refractivity contribution is -0.114. The number of carbonyl (C=O) groups excluding carboxylic acids is 1. The van der Waals surface area contributed by atoms with E-state index in [1.807, 2.05) is 6.08 Å². The van der Waals surface area contributed by atoms with Gasteiger partial charge in [0.2, 0.25) is 11.8 Å². The lowest BCUT2D eigenvalue weighted by Crippen LogP contribution is -2.47. The highest BCUT2D eigenvalue weighted by Crippen LogP contribution is 2.39. The van der Waals surface area contributed by atoms with Gasteiger partial charge in [-0.2, -0.15) is 0 Å². The Kier molecular flexibility index (Phi) is 3.97. The molecule has 2 atom stereocenters. The monoisotopic (exact) mass is 278 g/mol. The molecule has 0 N–H and O–H groups in total. The van der Waals surface area contributed by atoms with E-state index in [1.165, 1.54) is 0 Å². The Hall–Kier alpha value is -1.65. The van der Waals surface area contributed by atoms with E-state index < -0.39 is 5.54 Å². The second kappa shape index (κ2) is 5.38. The molecule has 1 aliphatic heterocycles. The van der Waals surface area contributed by atoms with Gasteiger partial charge in [0, 0.05) is 5.57 Å². The number of nitrogens with zero attached hydrogens (tertiary/aromatic N) is 2. The molecule has 0 aromatic carbocycles. The zero-order valence-corrected chi connectivity index (χ0v) is 12.8. The van der Waals surface area contributed by atoms with Crippen molar-refractivity contribution in [3.8, 4) is 0 Å². The second-order valence-corrected chi connectivity index (χ2v) is 5.55. The molecular formula is C15H22N2O3. The topological polar surface area (TPSA) is 60.2 Å². The first-order valence-electron chi connectivity index (χ1n) is 6.94. The summed E-state index contributed by atoms with van der Waals surface area (Å²) in [5.74, 6) is 1.36. The van der Waals surface area contributed by atoms with Gasteiger partial charge in [-0.3, -0.25) is 4.79 Å². The van der Waals surface area contributed by atoms with Crippen molar-refractivity contribution in [2.75, 3.05) is 14.2 Å². The third-order valence-electron chi connectivity index (χ3n) is 3.88. The summed E-state index contributed by atoms with van der Waals surface area (Å²) in [6.45, 7) is 5.68. The predicted octanol–water partition coefficient (Wildman–Crippen LogP) is 2.16. The number of rotatable bonds is 2. The quantitative estimate of drug-likeness (QED) is 0.777. The van der Waals surface area contributed by atoms with Crippen molar-refractivity contribution in [3.05, 3.63) is 11.6 Å². The van der Waals surface area contributed by atoms with Gasteiger partial charge < -0.3 is 9.47 Å². The average molecular weight is 278 g/mol. The first-order valence-corrected chi connectivity index (χ1v) is 6.94. The third kappa shape index (κ3) is 2.15. The van der Waals surface area contributed by atoms with Gasteiger partial charge in [0.1, 0.15) is 6.04 Å². The fraction of sp³-hybridized carbons (Fsp3) is 0.667. The maximum atomic E-state index is 11.9. The van der Waals surface area contributed by atoms with Crippen LogP contribution < -0.4 is 0 Å². The lowest BCUT2D eigenvalue weighted by atomic mass is 9.87. The standard InChI is InChI=1S/C15H22N2O3/c1-9(2)12-13(19-4)17-15(14(16-12)20-5)8-6-7-11(15)10(3)18/h7,9,12H,6,8H2,1-5H3/t12-,15+/m1/s1. The molecule has 5 heteroatoms. The van der Waals surface area contributed by atoms with Gasteiger partial charge in [0.05, 0.1) is 14.2 Å². The van der Waals surface area contributed by atoms with Gasteiger partial charge in [0.15, 0.2) is 11.3 Å². The van der Waals surface area contributed by atoms with E-state index in [9.17, 15) is 4.79 Å². The second-order valence-electron chi connectivity index (χ2n) is 5.55. The highest BCUT2D eigenvalue weighted by molar-refractivity contribution is 6.09. The molecule has 2 rings (SSSR count). The molecule has 0 bridgehead atoms. The molecule has 5 nitrogen and oxygen atoms in total. The normalized spacial score (nSPS) is 29.1. The number of methoxy groups -OCH3 is 2. The van der Waals surface area contributed by atoms with Crippen molar-refractivity contribution in [3.63, 3.8) is 0 Å². The lowest BCUT2D eigenvalue weighted by Gasteiger charge is -2.34. The Balaban J connectivity index is 2.53. The number of Topliss-reactive ketones (excluding diaryl/α,β-unsaturated/α-hetero) is 1. The minimum absolute atomic E-state index is 0.00875. The predicted molar refractivity (Wildman–Crippen MR) is 78.2 cm³/mol. The van der Waals surface area contributed by atoms with Crippen LogP contribution in [0, 0.1) is 5.92 Å². The Morgan fingerprint density at radius 2 is 2.10 bits per heavy atom. The molecular weight excluding hydrogens is 256 g/mol. The molecule has 1 heterocycles.